The summed E-state index contributed by atoms with van der Waals surface area (Å²) in [5, 5.41) is 8.97. The molecule has 0 unspecified atom stereocenters. The van der Waals surface area contributed by atoms with Crippen LogP contribution < -0.4 is 0 Å². The van der Waals surface area contributed by atoms with Gasteiger partial charge in [0.25, 0.3) is 5.78 Å². The number of hydrogen-bond acceptors (Lipinski definition) is 2. The van der Waals surface area contributed by atoms with Crippen LogP contribution in [-0.2, 0) is 0 Å². The second-order valence-electron chi connectivity index (χ2n) is 2.16. The minimum atomic E-state index is -0.451. The number of rotatable bonds is 2. The highest BCUT2D eigenvalue weighted by Crippen LogP contribution is 2.10. The van der Waals surface area contributed by atoms with Crippen molar-refractivity contribution in [2.45, 2.75) is 0 Å². The van der Waals surface area contributed by atoms with E-state index in [1.807, 2.05) is 0 Å². The van der Waals surface area contributed by atoms with Crippen LogP contribution >= 0.6 is 0 Å². The Morgan fingerprint density at radius 2 is 2.33 bits per heavy atom. The van der Waals surface area contributed by atoms with E-state index in [2.05, 4.69) is 4.79 Å². The van der Waals surface area contributed by atoms with Crippen molar-refractivity contribution in [3.63, 3.8) is 0 Å². The Balaban J connectivity index is 3.03. The molecule has 1 aromatic carbocycles. The molecule has 0 fully saturated rings. The van der Waals surface area contributed by atoms with Gasteiger partial charge < -0.3 is 10.6 Å². The van der Waals surface area contributed by atoms with Crippen molar-refractivity contribution in [3.05, 3.63) is 35.4 Å². The minimum Gasteiger partial charge on any atom is -0.508 e. The maximum atomic E-state index is 11.0. The van der Waals surface area contributed by atoms with Crippen LogP contribution in [0.1, 0.15) is 10.4 Å². The van der Waals surface area contributed by atoms with E-state index in [1.165, 1.54) is 24.3 Å². The van der Waals surface area contributed by atoms with E-state index in [4.69, 9.17) is 10.6 Å². The van der Waals surface area contributed by atoms with Gasteiger partial charge in [-0.1, -0.05) is 12.1 Å². The molecule has 0 saturated carbocycles. The fourth-order valence-electron chi connectivity index (χ4n) is 0.786. The number of carbonyl (C=O) groups is 1. The Labute approximate surface area is 68.7 Å². The van der Waals surface area contributed by atoms with Crippen LogP contribution in [0.2, 0.25) is 0 Å². The quantitative estimate of drug-likeness (QED) is 0.303. The summed E-state index contributed by atoms with van der Waals surface area (Å²) in [5.74, 6) is -0.444. The number of phenolic OH excluding ortho intramolecular Hbond substituents is 1. The predicted molar refractivity (Wildman–Crippen MR) is 42.1 cm³/mol. The summed E-state index contributed by atoms with van der Waals surface area (Å²) in [5.41, 5.74) is 8.34. The summed E-state index contributed by atoms with van der Waals surface area (Å²) in [6.07, 6.45) is 0.773. The highest BCUT2D eigenvalue weighted by Gasteiger charge is 2.06. The predicted octanol–water partition coefficient (Wildman–Crippen LogP) is 0.875. The molecule has 0 heterocycles. The molecule has 0 aliphatic carbocycles. The number of nitrogens with zero attached hydrogens (tertiary/aromatic N) is 2. The molecule has 4 heteroatoms. The Hall–Kier alpha value is -1.93. The molecule has 0 atom stereocenters. The molecule has 60 valence electrons. The Morgan fingerprint density at radius 3 is 2.92 bits per heavy atom. The van der Waals surface area contributed by atoms with Gasteiger partial charge in [-0.25, -0.2) is 0 Å². The first-order chi connectivity index (χ1) is 5.74. The lowest BCUT2D eigenvalue weighted by atomic mass is 10.1. The molecule has 0 amide bonds. The number of phenols is 1. The van der Waals surface area contributed by atoms with E-state index in [-0.39, 0.29) is 11.3 Å². The lowest BCUT2D eigenvalue weighted by Gasteiger charge is -1.92. The summed E-state index contributed by atoms with van der Waals surface area (Å²) in [7, 11) is 0. The minimum absolute atomic E-state index is 0.00666. The molecule has 1 N–H and O–H groups in total. The van der Waals surface area contributed by atoms with Crippen LogP contribution in [0.3, 0.4) is 0 Å². The highest BCUT2D eigenvalue weighted by atomic mass is 16.3. The van der Waals surface area contributed by atoms with Crippen LogP contribution in [0.5, 0.6) is 5.75 Å². The summed E-state index contributed by atoms with van der Waals surface area (Å²) >= 11 is 0. The number of carbonyl (C=O) groups excluding carboxylic acids is 1. The van der Waals surface area contributed by atoms with Crippen molar-refractivity contribution in [3.8, 4) is 5.75 Å². The molecule has 0 aromatic heterocycles. The van der Waals surface area contributed by atoms with Gasteiger partial charge in [-0.3, -0.25) is 4.79 Å². The molecule has 1 aromatic rings. The molecule has 0 aliphatic heterocycles. The van der Waals surface area contributed by atoms with Gasteiger partial charge in [-0.05, 0) is 12.1 Å². The average Bonchev–Trinajstić information content (AvgIpc) is 2.05. The van der Waals surface area contributed by atoms with E-state index >= 15 is 0 Å². The van der Waals surface area contributed by atoms with Crippen LogP contribution in [-0.4, -0.2) is 21.9 Å². The lowest BCUT2D eigenvalue weighted by Crippen LogP contribution is -1.99. The Bertz CT molecular complexity index is 354. The van der Waals surface area contributed by atoms with Crippen LogP contribution in [0.25, 0.3) is 5.53 Å². The van der Waals surface area contributed by atoms with Gasteiger partial charge >= 0.3 is 6.21 Å². The van der Waals surface area contributed by atoms with Gasteiger partial charge in [-0.2, -0.15) is 4.79 Å². The molecule has 1 rings (SSSR count). The van der Waals surface area contributed by atoms with E-state index in [0.717, 1.165) is 6.21 Å². The maximum Gasteiger partial charge on any atom is 0.328 e. The number of Topliss-reactive ketones (excluding diaryl/α,β-unsaturated/α-hetero) is 1. The monoisotopic (exact) mass is 162 g/mol. The van der Waals surface area contributed by atoms with Crippen molar-refractivity contribution in [2.24, 2.45) is 0 Å². The molecule has 0 saturated heterocycles. The molecular formula is C8H6N2O2. The van der Waals surface area contributed by atoms with E-state index < -0.39 is 5.78 Å². The first-order valence-electron chi connectivity index (χ1n) is 3.25. The zero-order valence-electron chi connectivity index (χ0n) is 6.14. The third-order valence-corrected chi connectivity index (χ3v) is 1.31. The standard InChI is InChI=1S/C8H6N2O2/c9-10-5-8(12)6-2-1-3-7(11)4-6/h1-5,11H. The molecule has 12 heavy (non-hydrogen) atoms. The van der Waals surface area contributed by atoms with Gasteiger partial charge in [0.15, 0.2) is 0 Å². The highest BCUT2D eigenvalue weighted by molar-refractivity contribution is 6.33. The van der Waals surface area contributed by atoms with Crippen molar-refractivity contribution in [2.75, 3.05) is 0 Å². The smallest absolute Gasteiger partial charge is 0.328 e. The second kappa shape index (κ2) is 3.46. The summed E-state index contributed by atoms with van der Waals surface area (Å²) < 4.78 is 0. The fourth-order valence-corrected chi connectivity index (χ4v) is 0.786. The van der Waals surface area contributed by atoms with Gasteiger partial charge in [0.1, 0.15) is 5.75 Å². The maximum absolute atomic E-state index is 11.0. The topological polar surface area (TPSA) is 73.7 Å². The summed E-state index contributed by atoms with van der Waals surface area (Å²) in [6.45, 7) is 0. The number of aromatic hydroxyl groups is 1. The Kier molecular flexibility index (Phi) is 2.35. The van der Waals surface area contributed by atoms with Crippen molar-refractivity contribution >= 4 is 12.0 Å². The fraction of sp³-hybridized carbons (Fsp3) is 0. The third-order valence-electron chi connectivity index (χ3n) is 1.31. The molecule has 4 nitrogen and oxygen atoms in total. The number of hydrogen-bond donors (Lipinski definition) is 1. The molecule has 0 spiro atoms. The lowest BCUT2D eigenvalue weighted by molar-refractivity contribution is 0.00235. The first-order valence-corrected chi connectivity index (χ1v) is 3.25. The molecule has 0 radical (unpaired) electrons. The zero-order chi connectivity index (χ0) is 8.97. The number of benzene rings is 1. The van der Waals surface area contributed by atoms with Crippen LogP contribution in [0.15, 0.2) is 24.3 Å². The molecule has 0 aliphatic rings. The Morgan fingerprint density at radius 1 is 1.58 bits per heavy atom. The second-order valence-corrected chi connectivity index (χ2v) is 2.16. The summed E-state index contributed by atoms with van der Waals surface area (Å²) in [6, 6.07) is 5.80. The van der Waals surface area contributed by atoms with Crippen LogP contribution in [0.4, 0.5) is 0 Å². The van der Waals surface area contributed by atoms with E-state index in [9.17, 15) is 4.79 Å². The van der Waals surface area contributed by atoms with Crippen LogP contribution in [0, 0.1) is 0 Å². The molecule has 0 bridgehead atoms. The van der Waals surface area contributed by atoms with Crippen molar-refractivity contribution in [1.29, 1.82) is 0 Å². The van der Waals surface area contributed by atoms with E-state index in [0.29, 0.717) is 0 Å². The third kappa shape index (κ3) is 1.78. The average molecular weight is 162 g/mol. The normalized spacial score (nSPS) is 8.67. The van der Waals surface area contributed by atoms with Gasteiger partial charge in [0.05, 0.1) is 0 Å². The summed E-state index contributed by atoms with van der Waals surface area (Å²) in [4.78, 5) is 13.6. The number of ketones is 1. The van der Waals surface area contributed by atoms with E-state index in [1.54, 1.807) is 0 Å². The van der Waals surface area contributed by atoms with Gasteiger partial charge in [0.2, 0.25) is 0 Å². The zero-order valence-corrected chi connectivity index (χ0v) is 6.14. The SMILES string of the molecule is [N-]=[N+]=CC(=O)c1cccc(O)c1. The first kappa shape index (κ1) is 8.17. The van der Waals surface area contributed by atoms with Crippen molar-refractivity contribution < 1.29 is 14.7 Å². The van der Waals surface area contributed by atoms with Gasteiger partial charge in [-0.15, -0.1) is 0 Å². The van der Waals surface area contributed by atoms with Crippen molar-refractivity contribution in [1.82, 2.24) is 0 Å². The van der Waals surface area contributed by atoms with Gasteiger partial charge in [0, 0.05) is 5.56 Å². The molecular weight excluding hydrogens is 156 g/mol. The largest absolute Gasteiger partial charge is 0.508 e.